The molecular weight excluding hydrogens is 1900 g/mol. The fourth-order valence-corrected chi connectivity index (χ4v) is 12.3. The molecule has 129 heavy (non-hydrogen) atoms. The van der Waals surface area contributed by atoms with Crippen LogP contribution >= 0.6 is 0 Å². The standard InChI is InChI=1S/C45F27N3.C30F21N3/c46-19-10(20(47)26(53)13(25(19)52)16-31(58)37(64)43(70)38(65)32(16)59)4(1-73)7-8(5(2-74)11-21(48)27(54)14(28(55)22(11)49)17-33(60)39(66)44(71)40(67)34(17)61)9(7)6(3-75)12-23(50)29(56)15(30(57)24(12)51)18-35(62)41(68)45(72)42(69)36(18)63;31-16-10(17(32)23(38)13(22(16)37)28(43,44)45)4(1-52)7-8(5(2-53)11-18(33)24(39)14(29(46,47)48)25(40)19(11)34)9(7)6(3-54)12-20(35)26(41)15(30(49,50)51)27(42)21(12)36. The second-order valence-corrected chi connectivity index (χ2v) is 24.5. The zero-order valence-electron chi connectivity index (χ0n) is 58.3. The lowest BCUT2D eigenvalue weighted by molar-refractivity contribution is -0.144. The van der Waals surface area contributed by atoms with Gasteiger partial charge in [0.05, 0.1) is 100 Å². The Labute approximate surface area is 673 Å². The molecule has 54 heteroatoms. The molecule has 0 heterocycles. The van der Waals surface area contributed by atoms with Gasteiger partial charge in [-0.3, -0.25) is 0 Å². The Kier molecular flexibility index (Phi) is 24.7. The van der Waals surface area contributed by atoms with E-state index < -0.39 is 396 Å². The van der Waals surface area contributed by atoms with Crippen molar-refractivity contribution in [3.63, 3.8) is 0 Å². The summed E-state index contributed by atoms with van der Waals surface area (Å²) in [4.78, 5) is 0. The van der Waals surface area contributed by atoms with Crippen molar-refractivity contribution in [2.45, 2.75) is 18.5 Å². The van der Waals surface area contributed by atoms with Gasteiger partial charge in [0.2, 0.25) is 17.5 Å². The van der Waals surface area contributed by atoms with E-state index in [0.717, 1.165) is 0 Å². The normalized spacial score (nSPS) is 12.5. The van der Waals surface area contributed by atoms with E-state index in [1.807, 2.05) is 0 Å². The molecule has 666 valence electrons. The van der Waals surface area contributed by atoms with E-state index in [1.165, 1.54) is 0 Å². The number of hydrogen-bond donors (Lipinski definition) is 0. The Morgan fingerprint density at radius 3 is 0.310 bits per heavy atom. The van der Waals surface area contributed by atoms with Crippen molar-refractivity contribution in [2.75, 3.05) is 0 Å². The van der Waals surface area contributed by atoms with Crippen LogP contribution in [0.25, 0.3) is 66.8 Å². The first kappa shape index (κ1) is 96.2. The van der Waals surface area contributed by atoms with Crippen LogP contribution in [0.1, 0.15) is 50.1 Å². The highest BCUT2D eigenvalue weighted by atomic mass is 19.4. The molecule has 0 amide bonds. The zero-order chi connectivity index (χ0) is 97.8. The number of allylic oxidation sites excluding steroid dienone is 12. The lowest BCUT2D eigenvalue weighted by Gasteiger charge is -2.14. The molecule has 9 aromatic carbocycles. The van der Waals surface area contributed by atoms with E-state index in [4.69, 9.17) is 0 Å². The second-order valence-electron chi connectivity index (χ2n) is 24.5. The SMILES string of the molecule is N#CC(=C1C(=C(C#N)c2c(F)c(F)c(-c3c(F)c(F)c(F)c(F)c3F)c(F)c2F)C1=C(C#N)c1c(F)c(F)c(-c2c(F)c(F)c(F)c(F)c2F)c(F)c1F)c1c(F)c(F)c(-c2c(F)c(F)c(F)c(F)c2F)c(F)c1F.N#CC(=C1C(=C(C#N)c2c(F)c(F)c(C(F)(F)F)c(F)c2F)C1=C(C#N)c1c(F)c(F)c(C(F)(F)F)c(F)c1F)c1c(F)c(F)c(C(F)(F)F)c(F)c1F. The molecule has 11 rings (SSSR count). The number of rotatable bonds is 9. The van der Waals surface area contributed by atoms with Gasteiger partial charge in [-0.2, -0.15) is 71.1 Å². The summed E-state index contributed by atoms with van der Waals surface area (Å²) in [6, 6.07) is 3.52. The third-order valence-corrected chi connectivity index (χ3v) is 17.9. The van der Waals surface area contributed by atoms with Crippen molar-refractivity contribution in [3.8, 4) is 69.8 Å². The molecule has 2 fully saturated rings. The zero-order valence-corrected chi connectivity index (χ0v) is 58.3. The molecule has 2 aliphatic carbocycles. The molecule has 0 radical (unpaired) electrons. The Hall–Kier alpha value is -15.0. The van der Waals surface area contributed by atoms with Gasteiger partial charge in [-0.05, 0) is 0 Å². The molecule has 0 saturated heterocycles. The highest BCUT2D eigenvalue weighted by molar-refractivity contribution is 6.14. The van der Waals surface area contributed by atoms with Gasteiger partial charge in [0.1, 0.15) is 53.1 Å². The Balaban J connectivity index is 0.000000284. The van der Waals surface area contributed by atoms with Gasteiger partial charge in [0.25, 0.3) is 0 Å². The maximum absolute atomic E-state index is 16.0. The van der Waals surface area contributed by atoms with Crippen molar-refractivity contribution >= 4 is 33.4 Å². The molecule has 2 aliphatic rings. The maximum Gasteiger partial charge on any atom is 0.422 e. The van der Waals surface area contributed by atoms with Crippen molar-refractivity contribution < 1.29 is 211 Å². The first-order valence-electron chi connectivity index (χ1n) is 31.4. The van der Waals surface area contributed by atoms with E-state index in [9.17, 15) is 163 Å². The highest BCUT2D eigenvalue weighted by Crippen LogP contribution is 2.61. The Morgan fingerprint density at radius 2 is 0.217 bits per heavy atom. The molecule has 9 aromatic rings. The lowest BCUT2D eigenvalue weighted by atomic mass is 9.95. The number of nitrogens with zero attached hydrogens (tertiary/aromatic N) is 6. The largest absolute Gasteiger partial charge is 0.422 e. The molecule has 0 aromatic heterocycles. The fourth-order valence-electron chi connectivity index (χ4n) is 12.3. The van der Waals surface area contributed by atoms with Crippen LogP contribution in [-0.2, 0) is 18.5 Å². The van der Waals surface area contributed by atoms with Crippen molar-refractivity contribution in [1.82, 2.24) is 0 Å². The van der Waals surface area contributed by atoms with Gasteiger partial charge >= 0.3 is 18.5 Å². The smallest absolute Gasteiger partial charge is 0.203 e. The number of nitriles is 6. The van der Waals surface area contributed by atoms with Crippen molar-refractivity contribution in [1.29, 1.82) is 31.6 Å². The van der Waals surface area contributed by atoms with Crippen LogP contribution in [0.2, 0.25) is 0 Å². The summed E-state index contributed by atoms with van der Waals surface area (Å²) in [6.07, 6.45) is -18.8. The quantitative estimate of drug-likeness (QED) is 0.0609. The summed E-state index contributed by atoms with van der Waals surface area (Å²) in [6.45, 7) is 0. The van der Waals surface area contributed by atoms with E-state index in [2.05, 4.69) is 0 Å². The van der Waals surface area contributed by atoms with E-state index >= 15 is 79.0 Å². The maximum atomic E-state index is 16.0. The van der Waals surface area contributed by atoms with E-state index in [0.29, 0.717) is 36.4 Å². The monoisotopic (exact) mass is 1900 g/mol. The summed E-state index contributed by atoms with van der Waals surface area (Å²) in [5.74, 6) is -126. The van der Waals surface area contributed by atoms with Crippen LogP contribution in [0.15, 0.2) is 33.4 Å². The van der Waals surface area contributed by atoms with Gasteiger partial charge in [-0.15, -0.1) is 0 Å². The molecule has 0 atom stereocenters. The first-order chi connectivity index (χ1) is 59.6. The van der Waals surface area contributed by atoms with Crippen LogP contribution in [0, 0.1) is 295 Å². The average Bonchev–Trinajstić information content (AvgIpc) is 1.08. The average molecular weight is 1900 g/mol. The predicted octanol–water partition coefficient (Wildman–Crippen LogP) is 25.3. The number of benzene rings is 9. The summed E-state index contributed by atoms with van der Waals surface area (Å²) in [5, 5.41) is 59.4. The van der Waals surface area contributed by atoms with Gasteiger partial charge in [-0.1, -0.05) is 0 Å². The van der Waals surface area contributed by atoms with Crippen molar-refractivity contribution in [3.05, 3.63) is 310 Å². The number of halogens is 48. The summed E-state index contributed by atoms with van der Waals surface area (Å²) < 4.78 is 700. The van der Waals surface area contributed by atoms with E-state index in [-0.39, 0.29) is 0 Å². The predicted molar refractivity (Wildman–Crippen MR) is 324 cm³/mol. The van der Waals surface area contributed by atoms with Gasteiger partial charge in [-0.25, -0.2) is 171 Å². The molecule has 0 spiro atoms. The molecule has 0 unspecified atom stereocenters. The van der Waals surface area contributed by atoms with Gasteiger partial charge in [0.15, 0.2) is 209 Å². The van der Waals surface area contributed by atoms with Crippen molar-refractivity contribution in [2.24, 2.45) is 0 Å². The third kappa shape index (κ3) is 14.4. The minimum Gasteiger partial charge on any atom is -0.203 e. The van der Waals surface area contributed by atoms with Crippen LogP contribution in [0.4, 0.5) is 211 Å². The molecule has 2 saturated carbocycles. The minimum absolute atomic E-state index is 0.585. The summed E-state index contributed by atoms with van der Waals surface area (Å²) in [7, 11) is 0. The molecule has 0 aliphatic heterocycles. The molecule has 6 nitrogen and oxygen atoms in total. The Morgan fingerprint density at radius 1 is 0.132 bits per heavy atom. The van der Waals surface area contributed by atoms with Crippen LogP contribution in [-0.4, -0.2) is 0 Å². The number of hydrogen-bond acceptors (Lipinski definition) is 6. The second kappa shape index (κ2) is 33.1. The summed E-state index contributed by atoms with van der Waals surface area (Å²) >= 11 is 0. The Bertz CT molecular complexity index is 6250. The molecule has 0 bridgehead atoms. The first-order valence-corrected chi connectivity index (χ1v) is 31.4. The highest BCUT2D eigenvalue weighted by Gasteiger charge is 2.53. The van der Waals surface area contributed by atoms with Crippen LogP contribution in [0.3, 0.4) is 0 Å². The fraction of sp³-hybridized carbons (Fsp3) is 0.0400. The lowest BCUT2D eigenvalue weighted by Crippen LogP contribution is -2.17. The minimum atomic E-state index is -6.27. The third-order valence-electron chi connectivity index (χ3n) is 17.9. The summed E-state index contributed by atoms with van der Waals surface area (Å²) in [5.41, 5.74) is -69.6. The molecular formula is C75F48N6. The van der Waals surface area contributed by atoms with Gasteiger partial charge in [0, 0.05) is 33.4 Å². The van der Waals surface area contributed by atoms with E-state index in [1.54, 1.807) is 0 Å². The van der Waals surface area contributed by atoms with Gasteiger partial charge < -0.3 is 0 Å². The van der Waals surface area contributed by atoms with Crippen LogP contribution < -0.4 is 0 Å². The van der Waals surface area contributed by atoms with Crippen LogP contribution in [0.5, 0.6) is 0 Å². The topological polar surface area (TPSA) is 143 Å². The number of alkyl halides is 9. The molecule has 0 N–H and O–H groups in total.